The molecule has 1 fully saturated rings. The first-order chi connectivity index (χ1) is 7.88. The summed E-state index contributed by atoms with van der Waals surface area (Å²) in [5.41, 5.74) is -0.0934. The number of amides is 1. The standard InChI is InChI=1S/C10H9F2NO4/c11-10(12)4-17-9(16)13-8(10)5-1-6(14)3-7(15)2-5/h1-3,8,14-15H,4H2,(H,13,16)/t8-/m1/s1. The maximum atomic E-state index is 13.5. The highest BCUT2D eigenvalue weighted by atomic mass is 19.3. The molecule has 3 N–H and O–H groups in total. The molecule has 5 nitrogen and oxygen atoms in total. The highest BCUT2D eigenvalue weighted by Gasteiger charge is 2.47. The van der Waals surface area contributed by atoms with Gasteiger partial charge in [-0.25, -0.2) is 13.6 Å². The number of alkyl carbamates (subject to hydrolysis) is 1. The van der Waals surface area contributed by atoms with E-state index in [1.54, 1.807) is 0 Å². The van der Waals surface area contributed by atoms with Crippen molar-refractivity contribution >= 4 is 6.09 Å². The molecule has 0 radical (unpaired) electrons. The molecular formula is C10H9F2NO4. The van der Waals surface area contributed by atoms with Crippen molar-refractivity contribution in [2.75, 3.05) is 6.61 Å². The van der Waals surface area contributed by atoms with Crippen LogP contribution < -0.4 is 5.32 Å². The van der Waals surface area contributed by atoms with Crippen LogP contribution >= 0.6 is 0 Å². The fourth-order valence-corrected chi connectivity index (χ4v) is 1.62. The monoisotopic (exact) mass is 245 g/mol. The van der Waals surface area contributed by atoms with Crippen molar-refractivity contribution in [1.82, 2.24) is 5.32 Å². The van der Waals surface area contributed by atoms with Gasteiger partial charge in [0.1, 0.15) is 17.5 Å². The van der Waals surface area contributed by atoms with Gasteiger partial charge in [-0.15, -0.1) is 0 Å². The molecule has 0 bridgehead atoms. The highest BCUT2D eigenvalue weighted by molar-refractivity contribution is 5.69. The van der Waals surface area contributed by atoms with E-state index in [0.29, 0.717) is 0 Å². The van der Waals surface area contributed by atoms with Crippen LogP contribution in [-0.2, 0) is 4.74 Å². The van der Waals surface area contributed by atoms with Crippen LogP contribution in [0.4, 0.5) is 13.6 Å². The second-order valence-corrected chi connectivity index (χ2v) is 3.70. The summed E-state index contributed by atoms with van der Waals surface area (Å²) in [7, 11) is 0. The normalized spacial score (nSPS) is 22.7. The average Bonchev–Trinajstić information content (AvgIpc) is 2.20. The predicted molar refractivity (Wildman–Crippen MR) is 51.9 cm³/mol. The lowest BCUT2D eigenvalue weighted by atomic mass is 9.99. The van der Waals surface area contributed by atoms with E-state index in [2.05, 4.69) is 4.74 Å². The number of carbonyl (C=O) groups is 1. The smallest absolute Gasteiger partial charge is 0.408 e. The predicted octanol–water partition coefficient (Wildman–Crippen LogP) is 1.51. The summed E-state index contributed by atoms with van der Waals surface area (Å²) in [5.74, 6) is -4.04. The van der Waals surface area contributed by atoms with Gasteiger partial charge in [-0.1, -0.05) is 0 Å². The molecule has 0 unspecified atom stereocenters. The SMILES string of the molecule is O=C1N[C@H](c2cc(O)cc(O)c2)C(F)(F)CO1. The lowest BCUT2D eigenvalue weighted by molar-refractivity contribution is -0.104. The average molecular weight is 245 g/mol. The van der Waals surface area contributed by atoms with E-state index < -0.39 is 24.7 Å². The van der Waals surface area contributed by atoms with Crippen molar-refractivity contribution in [3.05, 3.63) is 23.8 Å². The van der Waals surface area contributed by atoms with E-state index in [-0.39, 0.29) is 17.1 Å². The maximum absolute atomic E-state index is 13.5. The number of carbonyl (C=O) groups excluding carboxylic acids is 1. The molecule has 1 heterocycles. The third-order valence-corrected chi connectivity index (χ3v) is 2.34. The van der Waals surface area contributed by atoms with E-state index in [4.69, 9.17) is 0 Å². The van der Waals surface area contributed by atoms with Crippen molar-refractivity contribution < 1.29 is 28.5 Å². The van der Waals surface area contributed by atoms with E-state index in [9.17, 15) is 23.8 Å². The Bertz CT molecular complexity index is 443. The van der Waals surface area contributed by atoms with Crippen LogP contribution in [-0.4, -0.2) is 28.8 Å². The Labute approximate surface area is 94.6 Å². The fraction of sp³-hybridized carbons (Fsp3) is 0.300. The van der Waals surface area contributed by atoms with Crippen LogP contribution in [0.15, 0.2) is 18.2 Å². The topological polar surface area (TPSA) is 78.8 Å². The van der Waals surface area contributed by atoms with Crippen LogP contribution in [0, 0.1) is 0 Å². The molecule has 1 aromatic rings. The highest BCUT2D eigenvalue weighted by Crippen LogP contribution is 2.36. The van der Waals surface area contributed by atoms with E-state index >= 15 is 0 Å². The minimum absolute atomic E-state index is 0.0934. The molecule has 1 atom stereocenters. The van der Waals surface area contributed by atoms with Crippen molar-refractivity contribution in [2.24, 2.45) is 0 Å². The lowest BCUT2D eigenvalue weighted by Crippen LogP contribution is -2.49. The quantitative estimate of drug-likeness (QED) is 0.700. The summed E-state index contributed by atoms with van der Waals surface area (Å²) >= 11 is 0. The molecule has 0 spiro atoms. The van der Waals surface area contributed by atoms with Gasteiger partial charge >= 0.3 is 12.0 Å². The van der Waals surface area contributed by atoms with Gasteiger partial charge in [0.25, 0.3) is 0 Å². The van der Waals surface area contributed by atoms with Gasteiger partial charge in [0.2, 0.25) is 0 Å². The molecule has 1 amide bonds. The second-order valence-electron chi connectivity index (χ2n) is 3.70. The van der Waals surface area contributed by atoms with Crippen LogP contribution in [0.3, 0.4) is 0 Å². The summed E-state index contributed by atoms with van der Waals surface area (Å²) in [6.07, 6.45) is -0.969. The van der Waals surface area contributed by atoms with Crippen molar-refractivity contribution in [2.45, 2.75) is 12.0 Å². The molecule has 1 aliphatic rings. The summed E-state index contributed by atoms with van der Waals surface area (Å²) in [5, 5.41) is 20.4. The number of rotatable bonds is 1. The van der Waals surface area contributed by atoms with Gasteiger partial charge in [0, 0.05) is 6.07 Å². The number of cyclic esters (lactones) is 1. The number of phenolic OH excluding ortho intramolecular Hbond substituents is 2. The Kier molecular flexibility index (Phi) is 2.53. The first kappa shape index (κ1) is 11.4. The molecular weight excluding hydrogens is 236 g/mol. The maximum Gasteiger partial charge on any atom is 0.408 e. The van der Waals surface area contributed by atoms with E-state index in [0.717, 1.165) is 18.2 Å². The van der Waals surface area contributed by atoms with Gasteiger partial charge in [-0.3, -0.25) is 0 Å². The molecule has 0 aromatic heterocycles. The number of hydrogen-bond acceptors (Lipinski definition) is 4. The van der Waals surface area contributed by atoms with Gasteiger partial charge in [0.05, 0.1) is 0 Å². The first-order valence-electron chi connectivity index (χ1n) is 4.72. The minimum Gasteiger partial charge on any atom is -0.508 e. The zero-order chi connectivity index (χ0) is 12.6. The number of halogens is 2. The zero-order valence-corrected chi connectivity index (χ0v) is 8.48. The van der Waals surface area contributed by atoms with Gasteiger partial charge in [-0.2, -0.15) is 0 Å². The Balaban J connectivity index is 2.39. The molecule has 92 valence electrons. The summed E-state index contributed by atoms with van der Waals surface area (Å²) in [6, 6.07) is 1.46. The van der Waals surface area contributed by atoms with Gasteiger partial charge < -0.3 is 20.3 Å². The molecule has 1 aliphatic heterocycles. The Morgan fingerprint density at radius 2 is 1.88 bits per heavy atom. The van der Waals surface area contributed by atoms with Crippen molar-refractivity contribution in [3.8, 4) is 11.5 Å². The Hall–Kier alpha value is -2.05. The Morgan fingerprint density at radius 3 is 2.47 bits per heavy atom. The van der Waals surface area contributed by atoms with E-state index in [1.165, 1.54) is 0 Å². The zero-order valence-electron chi connectivity index (χ0n) is 8.48. The van der Waals surface area contributed by atoms with Crippen LogP contribution in [0.1, 0.15) is 11.6 Å². The number of alkyl halides is 2. The number of nitrogens with one attached hydrogen (secondary N) is 1. The number of ether oxygens (including phenoxy) is 1. The van der Waals surface area contributed by atoms with Crippen LogP contribution in [0.25, 0.3) is 0 Å². The fourth-order valence-electron chi connectivity index (χ4n) is 1.62. The minimum atomic E-state index is -3.31. The van der Waals surface area contributed by atoms with Gasteiger partial charge in [-0.05, 0) is 17.7 Å². The molecule has 17 heavy (non-hydrogen) atoms. The van der Waals surface area contributed by atoms with Crippen LogP contribution in [0.5, 0.6) is 11.5 Å². The first-order valence-corrected chi connectivity index (χ1v) is 4.72. The number of phenols is 2. The largest absolute Gasteiger partial charge is 0.508 e. The summed E-state index contributed by atoms with van der Waals surface area (Å²) in [4.78, 5) is 10.9. The molecule has 0 aliphatic carbocycles. The number of aromatic hydroxyl groups is 2. The molecule has 0 saturated carbocycles. The lowest BCUT2D eigenvalue weighted by Gasteiger charge is -2.31. The molecule has 1 saturated heterocycles. The third-order valence-electron chi connectivity index (χ3n) is 2.34. The Morgan fingerprint density at radius 1 is 1.29 bits per heavy atom. The van der Waals surface area contributed by atoms with Crippen LogP contribution in [0.2, 0.25) is 0 Å². The molecule has 1 aromatic carbocycles. The van der Waals surface area contributed by atoms with Crippen molar-refractivity contribution in [3.63, 3.8) is 0 Å². The molecule has 2 rings (SSSR count). The third kappa shape index (κ3) is 2.22. The molecule has 7 heteroatoms. The van der Waals surface area contributed by atoms with E-state index in [1.807, 2.05) is 5.32 Å². The van der Waals surface area contributed by atoms with Gasteiger partial charge in [0.15, 0.2) is 6.61 Å². The number of hydrogen-bond donors (Lipinski definition) is 3. The summed E-state index contributed by atoms with van der Waals surface area (Å²) in [6.45, 7) is -1.04. The number of benzene rings is 1. The van der Waals surface area contributed by atoms with Crippen molar-refractivity contribution in [1.29, 1.82) is 0 Å². The second kappa shape index (κ2) is 3.76. The summed E-state index contributed by atoms with van der Waals surface area (Å²) < 4.78 is 31.2.